The minimum atomic E-state index is -0.407. The summed E-state index contributed by atoms with van der Waals surface area (Å²) in [6, 6.07) is 23.3. The van der Waals surface area contributed by atoms with Crippen LogP contribution in [0, 0.1) is 19.8 Å². The molecule has 0 radical (unpaired) electrons. The number of amides is 1. The van der Waals surface area contributed by atoms with E-state index in [2.05, 4.69) is 19.1 Å². The number of ether oxygens (including phenoxy) is 1. The van der Waals surface area contributed by atoms with Crippen LogP contribution in [0.2, 0.25) is 0 Å². The van der Waals surface area contributed by atoms with Gasteiger partial charge in [-0.15, -0.1) is 0 Å². The fourth-order valence-electron chi connectivity index (χ4n) is 5.31. The summed E-state index contributed by atoms with van der Waals surface area (Å²) >= 11 is 0. The van der Waals surface area contributed by atoms with Crippen molar-refractivity contribution in [2.45, 2.75) is 45.6 Å². The quantitative estimate of drug-likeness (QED) is 0.270. The fraction of sp³-hybridized carbons (Fsp3) is 0.344. The van der Waals surface area contributed by atoms with Gasteiger partial charge in [-0.25, -0.2) is 4.98 Å². The molecule has 1 saturated carbocycles. The second kappa shape index (κ2) is 10.9. The third-order valence-electron chi connectivity index (χ3n) is 7.76. The summed E-state index contributed by atoms with van der Waals surface area (Å²) in [6.45, 7) is 7.16. The number of aromatic nitrogens is 2. The van der Waals surface area contributed by atoms with Crippen molar-refractivity contribution < 1.29 is 9.53 Å². The molecule has 4 aromatic rings. The van der Waals surface area contributed by atoms with E-state index in [-0.39, 0.29) is 23.3 Å². The molecule has 1 aliphatic rings. The van der Waals surface area contributed by atoms with Crippen molar-refractivity contribution in [2.24, 2.45) is 5.92 Å². The predicted molar refractivity (Wildman–Crippen MR) is 151 cm³/mol. The van der Waals surface area contributed by atoms with Crippen molar-refractivity contribution >= 4 is 16.8 Å². The van der Waals surface area contributed by atoms with E-state index in [0.717, 1.165) is 23.2 Å². The number of methoxy groups -OCH3 is 1. The van der Waals surface area contributed by atoms with Crippen LogP contribution in [0.25, 0.3) is 16.6 Å². The Morgan fingerprint density at radius 1 is 1.05 bits per heavy atom. The molecule has 0 N–H and O–H groups in total. The van der Waals surface area contributed by atoms with Gasteiger partial charge in [0.2, 0.25) is 5.91 Å². The third-order valence-corrected chi connectivity index (χ3v) is 7.76. The summed E-state index contributed by atoms with van der Waals surface area (Å²) in [5.41, 5.74) is 4.72. The Bertz CT molecular complexity index is 1510. The largest absolute Gasteiger partial charge is 0.385 e. The van der Waals surface area contributed by atoms with Gasteiger partial charge in [0.15, 0.2) is 0 Å². The summed E-state index contributed by atoms with van der Waals surface area (Å²) in [5, 5.41) is 0.560. The highest BCUT2D eigenvalue weighted by Crippen LogP contribution is 2.49. The van der Waals surface area contributed by atoms with Gasteiger partial charge in [-0.3, -0.25) is 14.2 Å². The number of para-hydroxylation sites is 1. The van der Waals surface area contributed by atoms with Gasteiger partial charge >= 0.3 is 0 Å². The van der Waals surface area contributed by atoms with E-state index in [1.165, 1.54) is 5.56 Å². The highest BCUT2D eigenvalue weighted by molar-refractivity contribution is 5.83. The maximum absolute atomic E-state index is 14.0. The summed E-state index contributed by atoms with van der Waals surface area (Å²) in [5.74, 6) is 0.841. The number of nitrogens with zero attached hydrogens (tertiary/aromatic N) is 3. The Morgan fingerprint density at radius 3 is 2.53 bits per heavy atom. The van der Waals surface area contributed by atoms with E-state index in [9.17, 15) is 9.59 Å². The fourth-order valence-corrected chi connectivity index (χ4v) is 5.31. The van der Waals surface area contributed by atoms with Crippen LogP contribution in [0.3, 0.4) is 0 Å². The van der Waals surface area contributed by atoms with Gasteiger partial charge < -0.3 is 9.64 Å². The number of rotatable bonds is 9. The number of carbonyl (C=O) groups excluding carboxylic acids is 1. The monoisotopic (exact) mass is 509 g/mol. The highest BCUT2D eigenvalue weighted by atomic mass is 16.5. The van der Waals surface area contributed by atoms with E-state index in [1.807, 2.05) is 79.4 Å². The number of carbonyl (C=O) groups is 1. The normalized spacial score (nSPS) is 17.4. The van der Waals surface area contributed by atoms with Gasteiger partial charge in [0.25, 0.3) is 5.56 Å². The Balaban J connectivity index is 1.58. The first-order valence-corrected chi connectivity index (χ1v) is 13.3. The first-order valence-electron chi connectivity index (χ1n) is 13.3. The molecule has 1 fully saturated rings. The average molecular weight is 510 g/mol. The summed E-state index contributed by atoms with van der Waals surface area (Å²) in [6.07, 6.45) is 1.54. The summed E-state index contributed by atoms with van der Waals surface area (Å²) in [7, 11) is 1.67. The van der Waals surface area contributed by atoms with Crippen molar-refractivity contribution in [2.75, 3.05) is 20.3 Å². The van der Waals surface area contributed by atoms with Crippen molar-refractivity contribution in [1.29, 1.82) is 0 Å². The van der Waals surface area contributed by atoms with E-state index < -0.39 is 6.04 Å². The van der Waals surface area contributed by atoms with E-state index in [4.69, 9.17) is 9.72 Å². The van der Waals surface area contributed by atoms with Crippen LogP contribution in [0.15, 0.2) is 77.6 Å². The van der Waals surface area contributed by atoms with Crippen LogP contribution < -0.4 is 5.56 Å². The molecular weight excluding hydrogens is 474 g/mol. The highest BCUT2D eigenvalue weighted by Gasteiger charge is 2.46. The Hall–Kier alpha value is -3.77. The lowest BCUT2D eigenvalue weighted by atomic mass is 10.1. The van der Waals surface area contributed by atoms with Crippen LogP contribution in [0.5, 0.6) is 0 Å². The molecule has 1 aromatic heterocycles. The SMILES string of the molecule is COCCCN(C(=O)C1CC1c1ccccc1)C(C)c1nc2ccccc2c(=O)n1-c1ccc(C)c(C)c1. The summed E-state index contributed by atoms with van der Waals surface area (Å²) < 4.78 is 7.00. The molecule has 3 atom stereocenters. The maximum Gasteiger partial charge on any atom is 0.266 e. The smallest absolute Gasteiger partial charge is 0.266 e. The summed E-state index contributed by atoms with van der Waals surface area (Å²) in [4.78, 5) is 34.7. The zero-order chi connectivity index (χ0) is 26.8. The molecule has 0 aliphatic heterocycles. The molecule has 3 unspecified atom stereocenters. The first-order chi connectivity index (χ1) is 18.4. The van der Waals surface area contributed by atoms with Gasteiger partial charge in [0.05, 0.1) is 22.6 Å². The van der Waals surface area contributed by atoms with E-state index >= 15 is 0 Å². The van der Waals surface area contributed by atoms with Gasteiger partial charge in [-0.2, -0.15) is 0 Å². The Labute approximate surface area is 223 Å². The Kier molecular flexibility index (Phi) is 7.43. The first kappa shape index (κ1) is 25.9. The molecule has 6 heteroatoms. The average Bonchev–Trinajstić information content (AvgIpc) is 3.74. The molecule has 0 saturated heterocycles. The molecular formula is C32H35N3O3. The van der Waals surface area contributed by atoms with Crippen LogP contribution in [-0.4, -0.2) is 40.6 Å². The second-order valence-corrected chi connectivity index (χ2v) is 10.3. The number of aryl methyl sites for hydroxylation is 2. The number of benzene rings is 3. The molecule has 38 heavy (non-hydrogen) atoms. The molecule has 3 aromatic carbocycles. The van der Waals surface area contributed by atoms with Crippen LogP contribution in [0.1, 0.15) is 54.2 Å². The standard InChI is InChI=1S/C32H35N3O3/c1-21-15-16-25(19-22(21)2)35-30(33-29-14-9-8-13-26(29)32(35)37)23(3)34(17-10-18-38-4)31(36)28-20-27(28)24-11-6-5-7-12-24/h5-9,11-16,19,23,27-28H,10,17-18,20H2,1-4H3. The molecule has 1 aliphatic carbocycles. The van der Waals surface area contributed by atoms with Gasteiger partial charge in [-0.05, 0) is 80.5 Å². The van der Waals surface area contributed by atoms with Crippen molar-refractivity contribution in [3.63, 3.8) is 0 Å². The molecule has 0 spiro atoms. The predicted octanol–water partition coefficient (Wildman–Crippen LogP) is 5.73. The zero-order valence-corrected chi connectivity index (χ0v) is 22.6. The topological polar surface area (TPSA) is 64.4 Å². The molecule has 1 heterocycles. The molecule has 5 rings (SSSR count). The minimum absolute atomic E-state index is 0.0651. The van der Waals surface area contributed by atoms with Crippen LogP contribution in [0.4, 0.5) is 0 Å². The number of hydrogen-bond donors (Lipinski definition) is 0. The third kappa shape index (κ3) is 5.01. The van der Waals surface area contributed by atoms with Gasteiger partial charge in [0.1, 0.15) is 5.82 Å². The lowest BCUT2D eigenvalue weighted by Gasteiger charge is -2.31. The molecule has 1 amide bonds. The maximum atomic E-state index is 14.0. The number of hydrogen-bond acceptors (Lipinski definition) is 4. The second-order valence-electron chi connectivity index (χ2n) is 10.3. The lowest BCUT2D eigenvalue weighted by molar-refractivity contribution is -0.135. The van der Waals surface area contributed by atoms with Crippen LogP contribution >= 0.6 is 0 Å². The lowest BCUT2D eigenvalue weighted by Crippen LogP contribution is -2.39. The van der Waals surface area contributed by atoms with Gasteiger partial charge in [-0.1, -0.05) is 48.5 Å². The number of fused-ring (bicyclic) bond motifs is 1. The van der Waals surface area contributed by atoms with E-state index in [1.54, 1.807) is 11.7 Å². The Morgan fingerprint density at radius 2 is 1.79 bits per heavy atom. The van der Waals surface area contributed by atoms with Crippen molar-refractivity contribution in [3.05, 3.63) is 106 Å². The molecule has 6 nitrogen and oxygen atoms in total. The zero-order valence-electron chi connectivity index (χ0n) is 22.6. The minimum Gasteiger partial charge on any atom is -0.385 e. The molecule has 196 valence electrons. The van der Waals surface area contributed by atoms with Crippen molar-refractivity contribution in [3.8, 4) is 5.69 Å². The molecule has 0 bridgehead atoms. The van der Waals surface area contributed by atoms with E-state index in [0.29, 0.717) is 36.3 Å². The van der Waals surface area contributed by atoms with Crippen molar-refractivity contribution in [1.82, 2.24) is 14.5 Å². The van der Waals surface area contributed by atoms with Gasteiger partial charge in [0, 0.05) is 26.2 Å². The van der Waals surface area contributed by atoms with Crippen LogP contribution in [-0.2, 0) is 9.53 Å².